The summed E-state index contributed by atoms with van der Waals surface area (Å²) in [6.07, 6.45) is 0.411. The molecule has 0 spiro atoms. The average molecular weight is 279 g/mol. The van der Waals surface area contributed by atoms with Gasteiger partial charge in [0.05, 0.1) is 25.0 Å². The van der Waals surface area contributed by atoms with Crippen molar-refractivity contribution in [2.24, 2.45) is 0 Å². The van der Waals surface area contributed by atoms with Crippen LogP contribution in [0.2, 0.25) is 5.02 Å². The van der Waals surface area contributed by atoms with E-state index in [-0.39, 0.29) is 24.7 Å². The van der Waals surface area contributed by atoms with E-state index in [4.69, 9.17) is 27.0 Å². The molecule has 0 amide bonds. The molecular weight excluding hydrogens is 264 g/mol. The summed E-state index contributed by atoms with van der Waals surface area (Å²) in [4.78, 5) is 11.2. The normalized spacial score (nSPS) is 11.4. The van der Waals surface area contributed by atoms with E-state index in [2.05, 4.69) is 6.07 Å². The molecule has 1 rings (SSSR count). The van der Waals surface area contributed by atoms with Crippen molar-refractivity contribution < 1.29 is 9.53 Å². The summed E-state index contributed by atoms with van der Waals surface area (Å²) in [5.74, 6) is -0.789. The number of halogens is 1. The largest absolute Gasteiger partial charge is 0.465 e. The van der Waals surface area contributed by atoms with Gasteiger partial charge in [-0.3, -0.25) is 4.79 Å². The van der Waals surface area contributed by atoms with Crippen molar-refractivity contribution in [3.05, 3.63) is 34.9 Å². The highest BCUT2D eigenvalue weighted by atomic mass is 35.5. The van der Waals surface area contributed by atoms with Crippen molar-refractivity contribution in [1.29, 1.82) is 10.7 Å². The highest BCUT2D eigenvalue weighted by molar-refractivity contribution is 6.30. The molecular formula is C14H15ClN2O2. The Morgan fingerprint density at radius 1 is 1.58 bits per heavy atom. The second-order valence-corrected chi connectivity index (χ2v) is 4.64. The first-order chi connectivity index (χ1) is 9.02. The average Bonchev–Trinajstić information content (AvgIpc) is 2.33. The predicted octanol–water partition coefficient (Wildman–Crippen LogP) is 3.31. The molecule has 0 aromatic heterocycles. The molecule has 1 aromatic rings. The lowest BCUT2D eigenvalue weighted by atomic mass is 9.98. The number of carbonyl (C=O) groups excluding carboxylic acids is 1. The molecule has 19 heavy (non-hydrogen) atoms. The molecule has 0 bridgehead atoms. The van der Waals surface area contributed by atoms with Gasteiger partial charge in [-0.05, 0) is 24.6 Å². The summed E-state index contributed by atoms with van der Waals surface area (Å²) in [6, 6.07) is 9.25. The van der Waals surface area contributed by atoms with Gasteiger partial charge in [0.2, 0.25) is 0 Å². The number of rotatable bonds is 6. The second-order valence-electron chi connectivity index (χ2n) is 4.20. The van der Waals surface area contributed by atoms with Crippen LogP contribution in [-0.4, -0.2) is 18.3 Å². The van der Waals surface area contributed by atoms with E-state index in [0.717, 1.165) is 5.56 Å². The Bertz CT molecular complexity index is 508. The number of hydrogen-bond acceptors (Lipinski definition) is 4. The molecule has 0 aliphatic heterocycles. The van der Waals surface area contributed by atoms with Crippen molar-refractivity contribution >= 4 is 23.3 Å². The minimum Gasteiger partial charge on any atom is -0.465 e. The van der Waals surface area contributed by atoms with Gasteiger partial charge in [0.25, 0.3) is 0 Å². The molecule has 1 aromatic carbocycles. The van der Waals surface area contributed by atoms with E-state index in [1.807, 2.05) is 6.07 Å². The van der Waals surface area contributed by atoms with E-state index >= 15 is 0 Å². The highest BCUT2D eigenvalue weighted by Crippen LogP contribution is 2.22. The zero-order valence-electron chi connectivity index (χ0n) is 10.6. The van der Waals surface area contributed by atoms with Crippen LogP contribution >= 0.6 is 11.6 Å². The van der Waals surface area contributed by atoms with Crippen molar-refractivity contribution in [2.75, 3.05) is 6.61 Å². The van der Waals surface area contributed by atoms with Gasteiger partial charge >= 0.3 is 5.97 Å². The number of esters is 1. The van der Waals surface area contributed by atoms with Crippen LogP contribution in [0.15, 0.2) is 24.3 Å². The van der Waals surface area contributed by atoms with E-state index in [1.165, 1.54) is 0 Å². The van der Waals surface area contributed by atoms with Crippen LogP contribution in [0.4, 0.5) is 0 Å². The zero-order valence-corrected chi connectivity index (χ0v) is 11.4. The van der Waals surface area contributed by atoms with Crippen LogP contribution in [-0.2, 0) is 9.53 Å². The van der Waals surface area contributed by atoms with Gasteiger partial charge in [0.1, 0.15) is 0 Å². The van der Waals surface area contributed by atoms with E-state index in [0.29, 0.717) is 11.4 Å². The van der Waals surface area contributed by atoms with Crippen LogP contribution in [0.3, 0.4) is 0 Å². The maximum absolute atomic E-state index is 11.2. The Morgan fingerprint density at radius 3 is 2.89 bits per heavy atom. The zero-order chi connectivity index (χ0) is 14.3. The molecule has 1 atom stereocenters. The van der Waals surface area contributed by atoms with E-state index in [9.17, 15) is 4.79 Å². The Balaban J connectivity index is 2.48. The first-order valence-corrected chi connectivity index (χ1v) is 6.25. The number of benzene rings is 1. The Morgan fingerprint density at radius 2 is 2.32 bits per heavy atom. The third kappa shape index (κ3) is 5.54. The Hall–Kier alpha value is -1.86. The second kappa shape index (κ2) is 7.55. The number of nitriles is 1. The summed E-state index contributed by atoms with van der Waals surface area (Å²) < 4.78 is 4.97. The number of carbonyl (C=O) groups is 1. The predicted molar refractivity (Wildman–Crippen MR) is 73.4 cm³/mol. The molecule has 0 fully saturated rings. The van der Waals surface area contributed by atoms with Gasteiger partial charge in [-0.25, -0.2) is 0 Å². The fourth-order valence-corrected chi connectivity index (χ4v) is 1.79. The molecule has 100 valence electrons. The van der Waals surface area contributed by atoms with Crippen molar-refractivity contribution in [3.8, 4) is 6.07 Å². The van der Waals surface area contributed by atoms with Crippen molar-refractivity contribution in [1.82, 2.24) is 0 Å². The Labute approximate surface area is 117 Å². The smallest absolute Gasteiger partial charge is 0.311 e. The maximum Gasteiger partial charge on any atom is 0.311 e. The lowest BCUT2D eigenvalue weighted by Gasteiger charge is -2.10. The molecule has 0 aliphatic rings. The number of ether oxygens (including phenoxy) is 1. The minimum atomic E-state index is -0.435. The van der Waals surface area contributed by atoms with Gasteiger partial charge in [-0.2, -0.15) is 5.26 Å². The van der Waals surface area contributed by atoms with Crippen LogP contribution in [0.25, 0.3) is 0 Å². The molecule has 0 heterocycles. The molecule has 4 nitrogen and oxygen atoms in total. The summed E-state index contributed by atoms with van der Waals surface area (Å²) in [7, 11) is 0. The topological polar surface area (TPSA) is 73.9 Å². The SMILES string of the molecule is CC(=N)CC(=O)OCCC(C#N)c1cccc(Cl)c1. The third-order valence-electron chi connectivity index (χ3n) is 2.49. The number of nitrogens with zero attached hydrogens (tertiary/aromatic N) is 1. The third-order valence-corrected chi connectivity index (χ3v) is 2.72. The lowest BCUT2D eigenvalue weighted by Crippen LogP contribution is -2.11. The summed E-state index contributed by atoms with van der Waals surface area (Å²) in [6.45, 7) is 1.71. The first kappa shape index (κ1) is 15.2. The molecule has 0 radical (unpaired) electrons. The molecule has 1 unspecified atom stereocenters. The quantitative estimate of drug-likeness (QED) is 0.641. The lowest BCUT2D eigenvalue weighted by molar-refractivity contribution is -0.142. The minimum absolute atomic E-state index is 0.00557. The van der Waals surface area contributed by atoms with E-state index in [1.54, 1.807) is 25.1 Å². The number of hydrogen-bond donors (Lipinski definition) is 1. The van der Waals surface area contributed by atoms with Crippen LogP contribution in [0.5, 0.6) is 0 Å². The first-order valence-electron chi connectivity index (χ1n) is 5.87. The fourth-order valence-electron chi connectivity index (χ4n) is 1.59. The highest BCUT2D eigenvalue weighted by Gasteiger charge is 2.12. The molecule has 1 N–H and O–H groups in total. The van der Waals surface area contributed by atoms with Gasteiger partial charge in [-0.1, -0.05) is 23.7 Å². The van der Waals surface area contributed by atoms with Crippen LogP contribution in [0, 0.1) is 16.7 Å². The Kier molecular flexibility index (Phi) is 6.04. The van der Waals surface area contributed by atoms with Crippen LogP contribution < -0.4 is 0 Å². The van der Waals surface area contributed by atoms with Gasteiger partial charge < -0.3 is 10.1 Å². The summed E-state index contributed by atoms with van der Waals surface area (Å²) in [5.41, 5.74) is 1.07. The van der Waals surface area contributed by atoms with Gasteiger partial charge in [0, 0.05) is 17.2 Å². The van der Waals surface area contributed by atoms with Crippen LogP contribution in [0.1, 0.15) is 31.2 Å². The molecule has 0 aliphatic carbocycles. The van der Waals surface area contributed by atoms with Crippen molar-refractivity contribution in [3.63, 3.8) is 0 Å². The molecule has 0 saturated heterocycles. The monoisotopic (exact) mass is 278 g/mol. The van der Waals surface area contributed by atoms with E-state index < -0.39 is 5.97 Å². The molecule has 0 saturated carbocycles. The molecule has 5 heteroatoms. The summed E-state index contributed by atoms with van der Waals surface area (Å²) >= 11 is 5.87. The van der Waals surface area contributed by atoms with Crippen molar-refractivity contribution in [2.45, 2.75) is 25.7 Å². The maximum atomic E-state index is 11.2. The van der Waals surface area contributed by atoms with Gasteiger partial charge in [0.15, 0.2) is 0 Å². The fraction of sp³-hybridized carbons (Fsp3) is 0.357. The van der Waals surface area contributed by atoms with Gasteiger partial charge in [-0.15, -0.1) is 0 Å². The standard InChI is InChI=1S/C14H15ClN2O2/c1-10(17)7-14(18)19-6-5-12(9-16)11-3-2-4-13(15)8-11/h2-4,8,12,17H,5-7H2,1H3. The number of nitrogens with one attached hydrogen (secondary N) is 1. The summed E-state index contributed by atoms with van der Waals surface area (Å²) in [5, 5.41) is 16.9.